The number of benzene rings is 2. The standard InChI is InChI=1S/C19H14F6O4/c1-9-7-11(15(26)27)3-5-13(9)17(18(20,21)22,19(23,24)25)14-6-4-12(16(28)29)8-10(14)2/h3-8H,1-2H3,(H,26,27)(H,28,29). The Morgan fingerprint density at radius 1 is 0.690 bits per heavy atom. The van der Waals surface area contributed by atoms with Crippen molar-refractivity contribution in [3.63, 3.8) is 0 Å². The van der Waals surface area contributed by atoms with E-state index in [1.807, 2.05) is 0 Å². The number of carbonyl (C=O) groups is 2. The maximum absolute atomic E-state index is 14.2. The average Bonchev–Trinajstić information content (AvgIpc) is 2.55. The van der Waals surface area contributed by atoms with E-state index in [1.54, 1.807) is 0 Å². The Bertz CT molecular complexity index is 896. The number of hydrogen-bond acceptors (Lipinski definition) is 2. The van der Waals surface area contributed by atoms with Crippen molar-refractivity contribution in [2.24, 2.45) is 0 Å². The van der Waals surface area contributed by atoms with Crippen molar-refractivity contribution >= 4 is 11.9 Å². The van der Waals surface area contributed by atoms with E-state index < -0.39 is 63.1 Å². The van der Waals surface area contributed by atoms with Gasteiger partial charge in [-0.2, -0.15) is 26.3 Å². The lowest BCUT2D eigenvalue weighted by Crippen LogP contribution is -2.55. The van der Waals surface area contributed by atoms with Gasteiger partial charge in [0.2, 0.25) is 5.41 Å². The quantitative estimate of drug-likeness (QED) is 0.674. The Balaban J connectivity index is 3.00. The summed E-state index contributed by atoms with van der Waals surface area (Å²) in [7, 11) is 0. The molecule has 2 aromatic carbocycles. The first-order chi connectivity index (χ1) is 13.1. The molecule has 0 atom stereocenters. The van der Waals surface area contributed by atoms with Crippen LogP contribution in [0.3, 0.4) is 0 Å². The van der Waals surface area contributed by atoms with E-state index in [2.05, 4.69) is 0 Å². The Kier molecular flexibility index (Phi) is 5.44. The monoisotopic (exact) mass is 420 g/mol. The molecular formula is C19H14F6O4. The van der Waals surface area contributed by atoms with Gasteiger partial charge >= 0.3 is 24.3 Å². The van der Waals surface area contributed by atoms with E-state index in [9.17, 15) is 35.9 Å². The number of halogens is 6. The molecule has 0 bridgehead atoms. The molecule has 10 heteroatoms. The molecule has 0 heterocycles. The summed E-state index contributed by atoms with van der Waals surface area (Å²) in [4.78, 5) is 22.1. The lowest BCUT2D eigenvalue weighted by Gasteiger charge is -2.40. The topological polar surface area (TPSA) is 74.6 Å². The maximum atomic E-state index is 14.2. The molecule has 0 saturated carbocycles. The normalized spacial score (nSPS) is 12.7. The van der Waals surface area contributed by atoms with E-state index in [1.165, 1.54) is 0 Å². The van der Waals surface area contributed by atoms with Crippen LogP contribution in [-0.2, 0) is 5.41 Å². The van der Waals surface area contributed by atoms with Crippen LogP contribution in [0.1, 0.15) is 43.0 Å². The lowest BCUT2D eigenvalue weighted by atomic mass is 9.69. The lowest BCUT2D eigenvalue weighted by molar-refractivity contribution is -0.289. The minimum absolute atomic E-state index is 0.470. The summed E-state index contributed by atoms with van der Waals surface area (Å²) in [5, 5.41) is 17.9. The van der Waals surface area contributed by atoms with Gasteiger partial charge in [0.05, 0.1) is 11.1 Å². The zero-order valence-corrected chi connectivity index (χ0v) is 14.9. The van der Waals surface area contributed by atoms with E-state index in [0.717, 1.165) is 26.0 Å². The summed E-state index contributed by atoms with van der Waals surface area (Å²) in [5.41, 5.74) is -8.85. The minimum atomic E-state index is -5.86. The molecule has 0 spiro atoms. The Morgan fingerprint density at radius 3 is 1.21 bits per heavy atom. The number of carboxylic acids is 2. The van der Waals surface area contributed by atoms with Crippen LogP contribution < -0.4 is 0 Å². The van der Waals surface area contributed by atoms with Gasteiger partial charge in [-0.3, -0.25) is 0 Å². The SMILES string of the molecule is Cc1cc(C(=O)O)ccc1C(c1ccc(C(=O)O)cc1C)(C(F)(F)F)C(F)(F)F. The number of rotatable bonds is 4. The van der Waals surface area contributed by atoms with Crippen LogP contribution >= 0.6 is 0 Å². The third-order valence-electron chi connectivity index (χ3n) is 4.61. The molecule has 29 heavy (non-hydrogen) atoms. The van der Waals surface area contributed by atoms with Gasteiger partial charge in [0.15, 0.2) is 0 Å². The van der Waals surface area contributed by atoms with Gasteiger partial charge in [-0.1, -0.05) is 12.1 Å². The predicted molar refractivity (Wildman–Crippen MR) is 89.2 cm³/mol. The van der Waals surface area contributed by atoms with Crippen molar-refractivity contribution < 1.29 is 46.1 Å². The van der Waals surface area contributed by atoms with Crippen LogP contribution in [0.2, 0.25) is 0 Å². The van der Waals surface area contributed by atoms with Crippen LogP contribution in [0.4, 0.5) is 26.3 Å². The van der Waals surface area contributed by atoms with E-state index >= 15 is 0 Å². The highest BCUT2D eigenvalue weighted by Gasteiger charge is 2.73. The van der Waals surface area contributed by atoms with Crippen molar-refractivity contribution in [3.05, 3.63) is 69.8 Å². The summed E-state index contributed by atoms with van der Waals surface area (Å²) < 4.78 is 85.0. The highest BCUT2D eigenvalue weighted by atomic mass is 19.4. The molecule has 0 aliphatic carbocycles. The molecule has 0 aromatic heterocycles. The number of aryl methyl sites for hydroxylation is 2. The molecule has 4 nitrogen and oxygen atoms in total. The fourth-order valence-electron chi connectivity index (χ4n) is 3.35. The maximum Gasteiger partial charge on any atom is 0.411 e. The molecule has 0 fully saturated rings. The molecule has 0 amide bonds. The first kappa shape index (κ1) is 22.3. The molecule has 2 N–H and O–H groups in total. The van der Waals surface area contributed by atoms with Crippen LogP contribution in [0.25, 0.3) is 0 Å². The van der Waals surface area contributed by atoms with Crippen molar-refractivity contribution in [2.75, 3.05) is 0 Å². The van der Waals surface area contributed by atoms with Gasteiger partial charge < -0.3 is 10.2 Å². The van der Waals surface area contributed by atoms with Crippen molar-refractivity contribution in [3.8, 4) is 0 Å². The van der Waals surface area contributed by atoms with Gasteiger partial charge in [0, 0.05) is 0 Å². The molecule has 2 aromatic rings. The second-order valence-corrected chi connectivity index (χ2v) is 6.42. The van der Waals surface area contributed by atoms with Crippen LogP contribution in [0.5, 0.6) is 0 Å². The van der Waals surface area contributed by atoms with Crippen LogP contribution in [0, 0.1) is 13.8 Å². The van der Waals surface area contributed by atoms with Gasteiger partial charge in [0.1, 0.15) is 0 Å². The fraction of sp³-hybridized carbons (Fsp3) is 0.263. The summed E-state index contributed by atoms with van der Waals surface area (Å²) in [6.45, 7) is 1.91. The number of alkyl halides is 6. The molecule has 0 aliphatic rings. The molecule has 2 rings (SSSR count). The second-order valence-electron chi connectivity index (χ2n) is 6.42. The zero-order chi connectivity index (χ0) is 22.4. The molecule has 156 valence electrons. The summed E-state index contributed by atoms with van der Waals surface area (Å²) in [6.07, 6.45) is -11.7. The highest BCUT2D eigenvalue weighted by Crippen LogP contribution is 2.57. The van der Waals surface area contributed by atoms with Crippen LogP contribution in [-0.4, -0.2) is 34.5 Å². The second kappa shape index (κ2) is 7.09. The average molecular weight is 420 g/mol. The van der Waals surface area contributed by atoms with E-state index in [4.69, 9.17) is 10.2 Å². The van der Waals surface area contributed by atoms with Crippen molar-refractivity contribution in [2.45, 2.75) is 31.6 Å². The van der Waals surface area contributed by atoms with Gasteiger partial charge in [-0.05, 0) is 60.4 Å². The summed E-state index contributed by atoms with van der Waals surface area (Å²) in [6, 6.07) is 3.76. The molecule has 0 aliphatic heterocycles. The Hall–Kier alpha value is -3.04. The van der Waals surface area contributed by atoms with Crippen molar-refractivity contribution in [1.29, 1.82) is 0 Å². The molecular weight excluding hydrogens is 406 g/mol. The summed E-state index contributed by atoms with van der Waals surface area (Å²) >= 11 is 0. The molecule has 0 radical (unpaired) electrons. The smallest absolute Gasteiger partial charge is 0.411 e. The zero-order valence-electron chi connectivity index (χ0n) is 14.9. The summed E-state index contributed by atoms with van der Waals surface area (Å²) in [5.74, 6) is -3.02. The predicted octanol–water partition coefficient (Wildman–Crippen LogP) is 5.11. The van der Waals surface area contributed by atoms with Crippen LogP contribution in [0.15, 0.2) is 36.4 Å². The van der Waals surface area contributed by atoms with E-state index in [0.29, 0.717) is 24.3 Å². The first-order valence-corrected chi connectivity index (χ1v) is 7.97. The fourth-order valence-corrected chi connectivity index (χ4v) is 3.35. The molecule has 0 unspecified atom stereocenters. The van der Waals surface area contributed by atoms with Gasteiger partial charge in [-0.15, -0.1) is 0 Å². The largest absolute Gasteiger partial charge is 0.478 e. The van der Waals surface area contributed by atoms with Gasteiger partial charge in [-0.25, -0.2) is 9.59 Å². The third-order valence-corrected chi connectivity index (χ3v) is 4.61. The first-order valence-electron chi connectivity index (χ1n) is 7.97. The van der Waals surface area contributed by atoms with E-state index in [-0.39, 0.29) is 0 Å². The van der Waals surface area contributed by atoms with Crippen molar-refractivity contribution in [1.82, 2.24) is 0 Å². The number of carboxylic acid groups (broad SMARTS) is 2. The highest BCUT2D eigenvalue weighted by molar-refractivity contribution is 5.88. The number of aromatic carboxylic acids is 2. The third kappa shape index (κ3) is 3.54. The Labute approximate surface area is 160 Å². The number of hydrogen-bond donors (Lipinski definition) is 2. The molecule has 0 saturated heterocycles. The Morgan fingerprint density at radius 2 is 1.00 bits per heavy atom. The van der Waals surface area contributed by atoms with Gasteiger partial charge in [0.25, 0.3) is 0 Å². The minimum Gasteiger partial charge on any atom is -0.478 e.